The van der Waals surface area contributed by atoms with Crippen LogP contribution in [0.15, 0.2) is 18.3 Å². The number of rotatable bonds is 2. The number of carbonyl (C=O) groups is 1. The molecule has 0 aromatic carbocycles. The number of fused-ring (bicyclic) bond motifs is 1. The van der Waals surface area contributed by atoms with Crippen LogP contribution in [0.2, 0.25) is 0 Å². The number of hydrogen-bond acceptors (Lipinski definition) is 5. The van der Waals surface area contributed by atoms with Gasteiger partial charge in [0, 0.05) is 11.4 Å². The number of amides is 1. The largest absolute Gasteiger partial charge is 0.312 e. The molecular weight excluding hydrogens is 291 g/mol. The van der Waals surface area contributed by atoms with Crippen molar-refractivity contribution in [3.05, 3.63) is 45.8 Å². The van der Waals surface area contributed by atoms with E-state index in [1.54, 1.807) is 0 Å². The highest BCUT2D eigenvalue weighted by atomic mass is 32.1. The number of aromatic nitrogens is 1. The van der Waals surface area contributed by atoms with Crippen LogP contribution in [0.5, 0.6) is 0 Å². The molecule has 7 heteroatoms. The minimum atomic E-state index is -0.498. The number of nitriles is 1. The van der Waals surface area contributed by atoms with Gasteiger partial charge in [-0.05, 0) is 30.7 Å². The standard InChI is InChI=1S/C14H11FN4OS/c15-8-1-2-11(18-6-8)13(20)19-14-10(5-16)9-3-4-17-7-12(9)21-14/h1-2,6,17H,3-4,7H2,(H,19,20). The van der Waals surface area contributed by atoms with Gasteiger partial charge in [0.2, 0.25) is 0 Å². The molecule has 0 saturated carbocycles. The SMILES string of the molecule is N#Cc1c(NC(=O)c2ccc(F)cn2)sc2c1CCNC2. The van der Waals surface area contributed by atoms with E-state index in [2.05, 4.69) is 21.7 Å². The molecule has 2 aromatic heterocycles. The fourth-order valence-electron chi connectivity index (χ4n) is 2.22. The number of nitrogens with one attached hydrogen (secondary N) is 2. The summed E-state index contributed by atoms with van der Waals surface area (Å²) in [5.41, 5.74) is 1.64. The first-order chi connectivity index (χ1) is 10.2. The van der Waals surface area contributed by atoms with Crippen molar-refractivity contribution in [2.24, 2.45) is 0 Å². The second-order valence-electron chi connectivity index (χ2n) is 4.56. The highest BCUT2D eigenvalue weighted by Crippen LogP contribution is 2.34. The highest BCUT2D eigenvalue weighted by molar-refractivity contribution is 7.16. The lowest BCUT2D eigenvalue weighted by Gasteiger charge is -2.11. The van der Waals surface area contributed by atoms with Gasteiger partial charge in [-0.1, -0.05) is 0 Å². The normalized spacial score (nSPS) is 13.3. The summed E-state index contributed by atoms with van der Waals surface area (Å²) in [6, 6.07) is 4.65. The molecule has 0 fully saturated rings. The van der Waals surface area contributed by atoms with E-state index >= 15 is 0 Å². The van der Waals surface area contributed by atoms with E-state index < -0.39 is 11.7 Å². The fraction of sp³-hybridized carbons (Fsp3) is 0.214. The summed E-state index contributed by atoms with van der Waals surface area (Å²) in [7, 11) is 0. The maximum absolute atomic E-state index is 12.8. The molecule has 2 aromatic rings. The van der Waals surface area contributed by atoms with Gasteiger partial charge in [-0.15, -0.1) is 11.3 Å². The first-order valence-electron chi connectivity index (χ1n) is 6.37. The molecule has 3 heterocycles. The number of hydrogen-bond donors (Lipinski definition) is 2. The molecule has 0 spiro atoms. The lowest BCUT2D eigenvalue weighted by molar-refractivity contribution is 0.102. The Labute approximate surface area is 124 Å². The Morgan fingerprint density at radius 2 is 2.38 bits per heavy atom. The monoisotopic (exact) mass is 302 g/mol. The molecule has 21 heavy (non-hydrogen) atoms. The van der Waals surface area contributed by atoms with E-state index in [0.717, 1.165) is 29.6 Å². The molecule has 0 aliphatic carbocycles. The van der Waals surface area contributed by atoms with Crippen LogP contribution in [0.4, 0.5) is 9.39 Å². The third-order valence-electron chi connectivity index (χ3n) is 3.23. The molecule has 2 N–H and O–H groups in total. The van der Waals surface area contributed by atoms with Gasteiger partial charge >= 0.3 is 0 Å². The zero-order valence-corrected chi connectivity index (χ0v) is 11.8. The summed E-state index contributed by atoms with van der Waals surface area (Å²) in [6.45, 7) is 1.53. The van der Waals surface area contributed by atoms with Crippen molar-refractivity contribution in [2.45, 2.75) is 13.0 Å². The quantitative estimate of drug-likeness (QED) is 0.890. The van der Waals surface area contributed by atoms with Crippen molar-refractivity contribution in [1.82, 2.24) is 10.3 Å². The number of anilines is 1. The second-order valence-corrected chi connectivity index (χ2v) is 5.67. The van der Waals surface area contributed by atoms with Crippen LogP contribution in [0.25, 0.3) is 0 Å². The average Bonchev–Trinajstić information content (AvgIpc) is 2.84. The molecular formula is C14H11FN4OS. The van der Waals surface area contributed by atoms with Crippen molar-refractivity contribution in [2.75, 3.05) is 11.9 Å². The Hall–Kier alpha value is -2.30. The first kappa shape index (κ1) is 13.7. The topological polar surface area (TPSA) is 77.8 Å². The van der Waals surface area contributed by atoms with Crippen molar-refractivity contribution >= 4 is 22.2 Å². The molecule has 1 amide bonds. The first-order valence-corrected chi connectivity index (χ1v) is 7.19. The molecule has 106 valence electrons. The van der Waals surface area contributed by atoms with Crippen molar-refractivity contribution < 1.29 is 9.18 Å². The van der Waals surface area contributed by atoms with E-state index in [-0.39, 0.29) is 5.69 Å². The minimum absolute atomic E-state index is 0.116. The van der Waals surface area contributed by atoms with Crippen LogP contribution in [-0.4, -0.2) is 17.4 Å². The third kappa shape index (κ3) is 2.63. The van der Waals surface area contributed by atoms with Crippen molar-refractivity contribution in [3.63, 3.8) is 0 Å². The zero-order chi connectivity index (χ0) is 14.8. The molecule has 0 radical (unpaired) electrons. The molecule has 0 atom stereocenters. The number of nitrogens with zero attached hydrogens (tertiary/aromatic N) is 2. The highest BCUT2D eigenvalue weighted by Gasteiger charge is 2.22. The molecule has 0 unspecified atom stereocenters. The van der Waals surface area contributed by atoms with E-state index in [9.17, 15) is 14.4 Å². The maximum Gasteiger partial charge on any atom is 0.274 e. The summed E-state index contributed by atoms with van der Waals surface area (Å²) >= 11 is 1.39. The van der Waals surface area contributed by atoms with Crippen molar-refractivity contribution in [1.29, 1.82) is 5.26 Å². The Morgan fingerprint density at radius 3 is 3.10 bits per heavy atom. The predicted molar refractivity (Wildman–Crippen MR) is 76.6 cm³/mol. The molecule has 5 nitrogen and oxygen atoms in total. The Morgan fingerprint density at radius 1 is 1.52 bits per heavy atom. The van der Waals surface area contributed by atoms with E-state index in [4.69, 9.17) is 0 Å². The maximum atomic E-state index is 12.8. The molecule has 0 bridgehead atoms. The summed E-state index contributed by atoms with van der Waals surface area (Å²) < 4.78 is 12.8. The van der Waals surface area contributed by atoms with Gasteiger partial charge in [-0.2, -0.15) is 5.26 Å². The molecule has 0 saturated heterocycles. The zero-order valence-electron chi connectivity index (χ0n) is 10.9. The average molecular weight is 302 g/mol. The lowest BCUT2D eigenvalue weighted by atomic mass is 10.1. The smallest absolute Gasteiger partial charge is 0.274 e. The van der Waals surface area contributed by atoms with Crippen LogP contribution in [-0.2, 0) is 13.0 Å². The van der Waals surface area contributed by atoms with Gasteiger partial charge in [-0.25, -0.2) is 9.37 Å². The summed E-state index contributed by atoms with van der Waals surface area (Å²) in [5, 5.41) is 15.8. The Bertz CT molecular complexity index is 733. The van der Waals surface area contributed by atoms with Crippen LogP contribution >= 0.6 is 11.3 Å². The van der Waals surface area contributed by atoms with Gasteiger partial charge in [0.05, 0.1) is 11.8 Å². The van der Waals surface area contributed by atoms with Gasteiger partial charge in [0.15, 0.2) is 0 Å². The van der Waals surface area contributed by atoms with Crippen LogP contribution in [0.1, 0.15) is 26.5 Å². The van der Waals surface area contributed by atoms with Crippen LogP contribution in [0.3, 0.4) is 0 Å². The van der Waals surface area contributed by atoms with Crippen LogP contribution < -0.4 is 10.6 Å². The molecule has 1 aliphatic rings. The Kier molecular flexibility index (Phi) is 3.64. The summed E-state index contributed by atoms with van der Waals surface area (Å²) in [5.74, 6) is -0.944. The number of carbonyl (C=O) groups excluding carboxylic acids is 1. The van der Waals surface area contributed by atoms with E-state index in [0.29, 0.717) is 17.1 Å². The molecule has 1 aliphatic heterocycles. The fourth-order valence-corrected chi connectivity index (χ4v) is 3.38. The Balaban J connectivity index is 1.88. The lowest BCUT2D eigenvalue weighted by Crippen LogP contribution is -2.22. The third-order valence-corrected chi connectivity index (χ3v) is 4.37. The predicted octanol–water partition coefficient (Wildman–Crippen LogP) is 2.05. The second kappa shape index (κ2) is 5.60. The summed E-state index contributed by atoms with van der Waals surface area (Å²) in [6.07, 6.45) is 1.77. The van der Waals surface area contributed by atoms with Crippen molar-refractivity contribution in [3.8, 4) is 6.07 Å². The van der Waals surface area contributed by atoms with Gasteiger partial charge in [-0.3, -0.25) is 4.79 Å². The minimum Gasteiger partial charge on any atom is -0.312 e. The van der Waals surface area contributed by atoms with Gasteiger partial charge in [0.1, 0.15) is 22.6 Å². The number of thiophene rings is 1. The van der Waals surface area contributed by atoms with E-state index in [1.165, 1.54) is 23.5 Å². The van der Waals surface area contributed by atoms with Gasteiger partial charge in [0.25, 0.3) is 5.91 Å². The van der Waals surface area contributed by atoms with E-state index in [1.807, 2.05) is 0 Å². The number of pyridine rings is 1. The van der Waals surface area contributed by atoms with Gasteiger partial charge < -0.3 is 10.6 Å². The number of halogens is 1. The molecule has 3 rings (SSSR count). The summed E-state index contributed by atoms with van der Waals surface area (Å²) in [4.78, 5) is 16.9. The van der Waals surface area contributed by atoms with Crippen LogP contribution in [0, 0.1) is 17.1 Å².